The minimum absolute atomic E-state index is 0.396. The van der Waals surface area contributed by atoms with Gasteiger partial charge in [0.25, 0.3) is 0 Å². The normalized spacial score (nSPS) is 35.9. The molecule has 2 atom stereocenters. The number of rotatable bonds is 5. The first-order chi connectivity index (χ1) is 9.37. The van der Waals surface area contributed by atoms with Crippen LogP contribution in [-0.4, -0.2) is 36.6 Å². The van der Waals surface area contributed by atoms with Crippen LogP contribution in [0.25, 0.3) is 0 Å². The zero-order valence-corrected chi connectivity index (χ0v) is 14.4. The van der Waals surface area contributed by atoms with Gasteiger partial charge in [-0.15, -0.1) is 0 Å². The molecule has 1 aliphatic heterocycles. The van der Waals surface area contributed by atoms with Crippen LogP contribution in [0, 0.1) is 17.3 Å². The summed E-state index contributed by atoms with van der Waals surface area (Å²) in [7, 11) is 0. The van der Waals surface area contributed by atoms with Crippen LogP contribution in [0.5, 0.6) is 0 Å². The van der Waals surface area contributed by atoms with Gasteiger partial charge < -0.3 is 5.32 Å². The van der Waals surface area contributed by atoms with E-state index >= 15 is 0 Å². The van der Waals surface area contributed by atoms with Crippen molar-refractivity contribution < 1.29 is 0 Å². The molecular formula is C18H36N2. The van der Waals surface area contributed by atoms with Gasteiger partial charge in [0, 0.05) is 31.7 Å². The summed E-state index contributed by atoms with van der Waals surface area (Å²) in [4.78, 5) is 2.81. The third-order valence-corrected chi connectivity index (χ3v) is 5.05. The lowest BCUT2D eigenvalue weighted by atomic mass is 9.78. The molecule has 1 saturated carbocycles. The Morgan fingerprint density at radius 3 is 2.35 bits per heavy atom. The van der Waals surface area contributed by atoms with Gasteiger partial charge in [0.2, 0.25) is 0 Å². The van der Waals surface area contributed by atoms with E-state index in [0.29, 0.717) is 5.41 Å². The maximum Gasteiger partial charge on any atom is 0.0198 e. The van der Waals surface area contributed by atoms with Crippen LogP contribution in [0.15, 0.2) is 0 Å². The van der Waals surface area contributed by atoms with E-state index in [2.05, 4.69) is 44.8 Å². The van der Waals surface area contributed by atoms with Crippen molar-refractivity contribution in [2.45, 2.75) is 78.8 Å². The van der Waals surface area contributed by atoms with Gasteiger partial charge >= 0.3 is 0 Å². The molecule has 0 bridgehead atoms. The Morgan fingerprint density at radius 1 is 1.10 bits per heavy atom. The first-order valence-electron chi connectivity index (χ1n) is 8.85. The van der Waals surface area contributed by atoms with E-state index in [1.165, 1.54) is 45.2 Å². The minimum atomic E-state index is 0.396. The molecule has 0 aromatic heterocycles. The summed E-state index contributed by atoms with van der Waals surface area (Å²) in [6.45, 7) is 15.5. The second kappa shape index (κ2) is 6.79. The fraction of sp³-hybridized carbons (Fsp3) is 1.00. The summed E-state index contributed by atoms with van der Waals surface area (Å²) in [6, 6.07) is 1.61. The molecule has 0 amide bonds. The summed E-state index contributed by atoms with van der Waals surface area (Å²) < 4.78 is 0. The molecule has 2 aliphatic rings. The lowest BCUT2D eigenvalue weighted by molar-refractivity contribution is 0.0304. The second-order valence-corrected chi connectivity index (χ2v) is 8.71. The molecule has 1 saturated heterocycles. The van der Waals surface area contributed by atoms with Gasteiger partial charge in [0.15, 0.2) is 0 Å². The average molecular weight is 281 g/mol. The summed E-state index contributed by atoms with van der Waals surface area (Å²) >= 11 is 0. The SMILES string of the molecule is CCCC1CC(NCC(C)(C)C)CN(C2CC(C)C2)C1. The monoisotopic (exact) mass is 280 g/mol. The quantitative estimate of drug-likeness (QED) is 0.821. The van der Waals surface area contributed by atoms with Gasteiger partial charge in [-0.1, -0.05) is 41.0 Å². The average Bonchev–Trinajstić information content (AvgIpc) is 2.32. The molecule has 0 spiro atoms. The molecule has 1 aliphatic carbocycles. The number of nitrogens with one attached hydrogen (secondary N) is 1. The lowest BCUT2D eigenvalue weighted by Crippen LogP contribution is -2.56. The molecule has 20 heavy (non-hydrogen) atoms. The molecule has 0 aromatic carbocycles. The van der Waals surface area contributed by atoms with E-state index in [0.717, 1.165) is 30.5 Å². The smallest absolute Gasteiger partial charge is 0.0198 e. The molecule has 2 heteroatoms. The number of piperidine rings is 1. The largest absolute Gasteiger partial charge is 0.312 e. The predicted molar refractivity (Wildman–Crippen MR) is 88.0 cm³/mol. The second-order valence-electron chi connectivity index (χ2n) is 8.71. The standard InChI is InChI=1S/C18H36N2/c1-6-7-15-10-16(19-13-18(3,4)5)12-20(11-15)17-8-14(2)9-17/h14-17,19H,6-13H2,1-5H3. The van der Waals surface area contributed by atoms with Crippen LogP contribution in [-0.2, 0) is 0 Å². The number of nitrogens with zero attached hydrogens (tertiary/aromatic N) is 1. The summed E-state index contributed by atoms with van der Waals surface area (Å²) in [6.07, 6.45) is 7.01. The molecule has 118 valence electrons. The fourth-order valence-electron chi connectivity index (χ4n) is 3.91. The molecule has 1 N–H and O–H groups in total. The van der Waals surface area contributed by atoms with E-state index < -0.39 is 0 Å². The third kappa shape index (κ3) is 4.73. The van der Waals surface area contributed by atoms with Gasteiger partial charge in [-0.25, -0.2) is 0 Å². The van der Waals surface area contributed by atoms with Crippen molar-refractivity contribution >= 4 is 0 Å². The van der Waals surface area contributed by atoms with E-state index in [1.807, 2.05) is 0 Å². The van der Waals surface area contributed by atoms with Crippen molar-refractivity contribution in [1.82, 2.24) is 10.2 Å². The van der Waals surface area contributed by atoms with Crippen LogP contribution in [0.1, 0.15) is 66.7 Å². The van der Waals surface area contributed by atoms with Crippen molar-refractivity contribution in [1.29, 1.82) is 0 Å². The van der Waals surface area contributed by atoms with Crippen molar-refractivity contribution in [3.63, 3.8) is 0 Å². The lowest BCUT2D eigenvalue weighted by Gasteiger charge is -2.48. The van der Waals surface area contributed by atoms with E-state index in [9.17, 15) is 0 Å². The molecule has 2 fully saturated rings. The Bertz CT molecular complexity index is 288. The maximum absolute atomic E-state index is 3.85. The van der Waals surface area contributed by atoms with Gasteiger partial charge in [-0.2, -0.15) is 0 Å². The highest BCUT2D eigenvalue weighted by Crippen LogP contribution is 2.34. The molecular weight excluding hydrogens is 244 g/mol. The zero-order chi connectivity index (χ0) is 14.8. The maximum atomic E-state index is 3.85. The first-order valence-corrected chi connectivity index (χ1v) is 8.85. The van der Waals surface area contributed by atoms with Crippen LogP contribution in [0.3, 0.4) is 0 Å². The number of likely N-dealkylation sites (tertiary alicyclic amines) is 1. The molecule has 0 radical (unpaired) electrons. The van der Waals surface area contributed by atoms with Gasteiger partial charge in [-0.3, -0.25) is 4.90 Å². The highest BCUT2D eigenvalue weighted by molar-refractivity contribution is 4.92. The van der Waals surface area contributed by atoms with Crippen molar-refractivity contribution in [2.24, 2.45) is 17.3 Å². The van der Waals surface area contributed by atoms with Gasteiger partial charge in [0.05, 0.1) is 0 Å². The third-order valence-electron chi connectivity index (χ3n) is 5.05. The van der Waals surface area contributed by atoms with E-state index in [1.54, 1.807) is 0 Å². The number of hydrogen-bond donors (Lipinski definition) is 1. The topological polar surface area (TPSA) is 15.3 Å². The minimum Gasteiger partial charge on any atom is -0.312 e. The Morgan fingerprint density at radius 2 is 1.80 bits per heavy atom. The van der Waals surface area contributed by atoms with Crippen LogP contribution >= 0.6 is 0 Å². The van der Waals surface area contributed by atoms with Crippen molar-refractivity contribution in [3.8, 4) is 0 Å². The van der Waals surface area contributed by atoms with Crippen LogP contribution in [0.4, 0.5) is 0 Å². The predicted octanol–water partition coefficient (Wildman–Crippen LogP) is 3.91. The first kappa shape index (κ1) is 16.3. The van der Waals surface area contributed by atoms with Gasteiger partial charge in [-0.05, 0) is 42.9 Å². The van der Waals surface area contributed by atoms with E-state index in [4.69, 9.17) is 0 Å². The summed E-state index contributed by atoms with van der Waals surface area (Å²) in [5.74, 6) is 1.88. The highest BCUT2D eigenvalue weighted by atomic mass is 15.2. The number of hydrogen-bond acceptors (Lipinski definition) is 2. The van der Waals surface area contributed by atoms with Crippen LogP contribution < -0.4 is 5.32 Å². The zero-order valence-electron chi connectivity index (χ0n) is 14.4. The molecule has 2 rings (SSSR count). The Hall–Kier alpha value is -0.0800. The Labute approximate surface area is 126 Å². The molecule has 2 nitrogen and oxygen atoms in total. The molecule has 1 heterocycles. The highest BCUT2D eigenvalue weighted by Gasteiger charge is 2.36. The van der Waals surface area contributed by atoms with Crippen LogP contribution in [0.2, 0.25) is 0 Å². The van der Waals surface area contributed by atoms with Gasteiger partial charge in [0.1, 0.15) is 0 Å². The fourth-order valence-corrected chi connectivity index (χ4v) is 3.91. The van der Waals surface area contributed by atoms with E-state index in [-0.39, 0.29) is 0 Å². The van der Waals surface area contributed by atoms with Crippen molar-refractivity contribution in [3.05, 3.63) is 0 Å². The Balaban J connectivity index is 1.87. The Kier molecular flexibility index (Phi) is 5.53. The molecule has 0 aromatic rings. The summed E-state index contributed by atoms with van der Waals surface area (Å²) in [5, 5.41) is 3.85. The summed E-state index contributed by atoms with van der Waals surface area (Å²) in [5.41, 5.74) is 0.396. The molecule has 2 unspecified atom stereocenters. The van der Waals surface area contributed by atoms with Crippen molar-refractivity contribution in [2.75, 3.05) is 19.6 Å².